The molecule has 18 heavy (non-hydrogen) atoms. The Balaban J connectivity index is 2.47. The van der Waals surface area contributed by atoms with Crippen LogP contribution < -0.4 is 10.1 Å². The van der Waals surface area contributed by atoms with E-state index < -0.39 is 0 Å². The number of nitrogens with zero attached hydrogens (tertiary/aromatic N) is 1. The molecular weight excluding hydrogens is 228 g/mol. The van der Waals surface area contributed by atoms with Crippen molar-refractivity contribution in [2.45, 2.75) is 6.92 Å². The number of fused-ring (bicyclic) bond motifs is 1. The second-order valence-corrected chi connectivity index (χ2v) is 4.10. The lowest BCUT2D eigenvalue weighted by Gasteiger charge is -2.13. The second-order valence-electron chi connectivity index (χ2n) is 4.10. The van der Waals surface area contributed by atoms with Crippen LogP contribution in [-0.2, 0) is 4.74 Å². The van der Waals surface area contributed by atoms with Crippen molar-refractivity contribution in [1.29, 1.82) is 0 Å². The predicted octanol–water partition coefficient (Wildman–Crippen LogP) is 2.61. The quantitative estimate of drug-likeness (QED) is 0.824. The highest BCUT2D eigenvalue weighted by molar-refractivity contribution is 5.98. The zero-order valence-electron chi connectivity index (χ0n) is 11.0. The Morgan fingerprint density at radius 3 is 2.83 bits per heavy atom. The molecule has 0 unspecified atom stereocenters. The molecule has 1 N–H and O–H groups in total. The van der Waals surface area contributed by atoms with Crippen LogP contribution in [0.4, 0.5) is 5.69 Å². The summed E-state index contributed by atoms with van der Waals surface area (Å²) >= 11 is 0. The van der Waals surface area contributed by atoms with Crippen molar-refractivity contribution in [3.05, 3.63) is 30.0 Å². The number of aromatic nitrogens is 1. The molecule has 0 radical (unpaired) electrons. The van der Waals surface area contributed by atoms with Crippen molar-refractivity contribution >= 4 is 16.5 Å². The fourth-order valence-corrected chi connectivity index (χ4v) is 2.04. The topological polar surface area (TPSA) is 43.4 Å². The number of methoxy groups -OCH3 is 2. The Morgan fingerprint density at radius 1 is 1.28 bits per heavy atom. The summed E-state index contributed by atoms with van der Waals surface area (Å²) in [6.07, 6.45) is 1.84. The molecule has 96 valence electrons. The molecule has 2 rings (SSSR count). The number of pyridine rings is 1. The summed E-state index contributed by atoms with van der Waals surface area (Å²) in [5.41, 5.74) is 2.22. The van der Waals surface area contributed by atoms with Crippen molar-refractivity contribution in [3.8, 4) is 5.88 Å². The van der Waals surface area contributed by atoms with E-state index in [1.165, 1.54) is 0 Å². The summed E-state index contributed by atoms with van der Waals surface area (Å²) in [4.78, 5) is 4.29. The highest BCUT2D eigenvalue weighted by Crippen LogP contribution is 2.31. The normalized spacial score (nSPS) is 10.6. The number of rotatable bonds is 5. The SMILES string of the molecule is COCCNc1cccc2c(OC)ncc(C)c12. The number of ether oxygens (including phenoxy) is 2. The van der Waals surface area contributed by atoms with E-state index in [9.17, 15) is 0 Å². The van der Waals surface area contributed by atoms with Gasteiger partial charge in [0.05, 0.1) is 13.7 Å². The van der Waals surface area contributed by atoms with Gasteiger partial charge in [-0.2, -0.15) is 0 Å². The zero-order chi connectivity index (χ0) is 13.0. The molecule has 4 heteroatoms. The summed E-state index contributed by atoms with van der Waals surface area (Å²) in [5, 5.41) is 5.55. The molecule has 0 atom stereocenters. The average Bonchev–Trinajstić information content (AvgIpc) is 2.39. The van der Waals surface area contributed by atoms with Crippen molar-refractivity contribution in [2.24, 2.45) is 0 Å². The molecule has 1 heterocycles. The van der Waals surface area contributed by atoms with E-state index in [1.54, 1.807) is 14.2 Å². The van der Waals surface area contributed by atoms with E-state index in [2.05, 4.69) is 23.3 Å². The van der Waals surface area contributed by atoms with Crippen molar-refractivity contribution < 1.29 is 9.47 Å². The minimum atomic E-state index is 0.658. The number of aryl methyl sites for hydroxylation is 1. The van der Waals surface area contributed by atoms with Gasteiger partial charge in [0.25, 0.3) is 0 Å². The number of hydrogen-bond acceptors (Lipinski definition) is 4. The number of hydrogen-bond donors (Lipinski definition) is 1. The van der Waals surface area contributed by atoms with Crippen LogP contribution in [0, 0.1) is 6.92 Å². The third kappa shape index (κ3) is 2.38. The summed E-state index contributed by atoms with van der Waals surface area (Å²) in [7, 11) is 3.34. The van der Waals surface area contributed by atoms with Crippen LogP contribution in [0.15, 0.2) is 24.4 Å². The number of anilines is 1. The van der Waals surface area contributed by atoms with Crippen LogP contribution >= 0.6 is 0 Å². The summed E-state index contributed by atoms with van der Waals surface area (Å²) in [6.45, 7) is 3.51. The highest BCUT2D eigenvalue weighted by atomic mass is 16.5. The fraction of sp³-hybridized carbons (Fsp3) is 0.357. The predicted molar refractivity (Wildman–Crippen MR) is 73.4 cm³/mol. The van der Waals surface area contributed by atoms with E-state index in [0.29, 0.717) is 12.5 Å². The third-order valence-electron chi connectivity index (χ3n) is 2.88. The van der Waals surface area contributed by atoms with Crippen molar-refractivity contribution in [3.63, 3.8) is 0 Å². The largest absolute Gasteiger partial charge is 0.481 e. The van der Waals surface area contributed by atoms with E-state index >= 15 is 0 Å². The lowest BCUT2D eigenvalue weighted by atomic mass is 10.1. The molecule has 0 saturated heterocycles. The second kappa shape index (κ2) is 5.69. The van der Waals surface area contributed by atoms with Crippen LogP contribution in [0.2, 0.25) is 0 Å². The summed E-state index contributed by atoms with van der Waals surface area (Å²) in [5.74, 6) is 0.658. The maximum Gasteiger partial charge on any atom is 0.221 e. The summed E-state index contributed by atoms with van der Waals surface area (Å²) in [6, 6.07) is 6.08. The van der Waals surface area contributed by atoms with Gasteiger partial charge in [-0.05, 0) is 24.6 Å². The maximum absolute atomic E-state index is 5.30. The molecule has 0 amide bonds. The Labute approximate surface area is 107 Å². The molecule has 0 aliphatic carbocycles. The monoisotopic (exact) mass is 246 g/mol. The standard InChI is InChI=1S/C14H18N2O2/c1-10-9-16-14(18-3)11-5-4-6-12(13(10)11)15-7-8-17-2/h4-6,9,15H,7-8H2,1-3H3. The molecule has 2 aromatic rings. The Kier molecular flexibility index (Phi) is 3.99. The molecule has 0 saturated carbocycles. The van der Waals surface area contributed by atoms with Crippen LogP contribution in [0.25, 0.3) is 10.8 Å². The lowest BCUT2D eigenvalue weighted by molar-refractivity contribution is 0.211. The first-order valence-electron chi connectivity index (χ1n) is 5.93. The number of nitrogens with one attached hydrogen (secondary N) is 1. The van der Waals surface area contributed by atoms with E-state index in [-0.39, 0.29) is 0 Å². The molecular formula is C14H18N2O2. The number of benzene rings is 1. The average molecular weight is 246 g/mol. The van der Waals surface area contributed by atoms with Gasteiger partial charge in [0.2, 0.25) is 5.88 Å². The smallest absolute Gasteiger partial charge is 0.221 e. The van der Waals surface area contributed by atoms with E-state index in [1.807, 2.05) is 18.3 Å². The maximum atomic E-state index is 5.30. The van der Waals surface area contributed by atoms with E-state index in [0.717, 1.165) is 28.6 Å². The van der Waals surface area contributed by atoms with Gasteiger partial charge in [-0.1, -0.05) is 6.07 Å². The fourth-order valence-electron chi connectivity index (χ4n) is 2.04. The molecule has 0 fully saturated rings. The van der Waals surface area contributed by atoms with Crippen molar-refractivity contribution in [2.75, 3.05) is 32.7 Å². The van der Waals surface area contributed by atoms with Gasteiger partial charge < -0.3 is 14.8 Å². The van der Waals surface area contributed by atoms with Crippen LogP contribution in [0.1, 0.15) is 5.56 Å². The molecule has 0 aliphatic rings. The van der Waals surface area contributed by atoms with Gasteiger partial charge in [0, 0.05) is 36.3 Å². The molecule has 1 aromatic carbocycles. The van der Waals surface area contributed by atoms with Crippen LogP contribution in [0.3, 0.4) is 0 Å². The molecule has 1 aromatic heterocycles. The van der Waals surface area contributed by atoms with Gasteiger partial charge in [-0.15, -0.1) is 0 Å². The van der Waals surface area contributed by atoms with E-state index in [4.69, 9.17) is 9.47 Å². The van der Waals surface area contributed by atoms with Gasteiger partial charge in [-0.3, -0.25) is 0 Å². The minimum absolute atomic E-state index is 0.658. The van der Waals surface area contributed by atoms with Gasteiger partial charge in [-0.25, -0.2) is 4.98 Å². The van der Waals surface area contributed by atoms with Gasteiger partial charge in [0.15, 0.2) is 0 Å². The molecule has 0 spiro atoms. The highest BCUT2D eigenvalue weighted by Gasteiger charge is 2.08. The Morgan fingerprint density at radius 2 is 2.11 bits per heavy atom. The first kappa shape index (κ1) is 12.6. The van der Waals surface area contributed by atoms with Crippen LogP contribution in [-0.4, -0.2) is 32.4 Å². The molecule has 0 bridgehead atoms. The minimum Gasteiger partial charge on any atom is -0.481 e. The first-order chi connectivity index (χ1) is 8.77. The van der Waals surface area contributed by atoms with Gasteiger partial charge in [0.1, 0.15) is 0 Å². The zero-order valence-corrected chi connectivity index (χ0v) is 11.0. The Bertz CT molecular complexity index is 541. The van der Waals surface area contributed by atoms with Crippen molar-refractivity contribution in [1.82, 2.24) is 4.98 Å². The lowest BCUT2D eigenvalue weighted by Crippen LogP contribution is -2.08. The summed E-state index contributed by atoms with van der Waals surface area (Å²) < 4.78 is 10.4. The third-order valence-corrected chi connectivity index (χ3v) is 2.88. The Hall–Kier alpha value is -1.81. The molecule has 0 aliphatic heterocycles. The van der Waals surface area contributed by atoms with Crippen LogP contribution in [0.5, 0.6) is 5.88 Å². The van der Waals surface area contributed by atoms with Gasteiger partial charge >= 0.3 is 0 Å². The molecule has 4 nitrogen and oxygen atoms in total. The first-order valence-corrected chi connectivity index (χ1v) is 5.93.